The average Bonchev–Trinajstić information content (AvgIpc) is 2.49. The van der Waals surface area contributed by atoms with Crippen molar-refractivity contribution in [3.63, 3.8) is 0 Å². The molecule has 0 aliphatic carbocycles. The maximum atomic E-state index is 10.9. The Balaban J connectivity index is 2.31. The van der Waals surface area contributed by atoms with Crippen LogP contribution in [0.2, 0.25) is 0 Å². The smallest absolute Gasteiger partial charge is 0.129 e. The Hall–Kier alpha value is -1.17. The molecule has 3 N–H and O–H groups in total. The number of nitrogens with zero attached hydrogens (tertiary/aromatic N) is 2. The van der Waals surface area contributed by atoms with E-state index in [-0.39, 0.29) is 5.54 Å². The summed E-state index contributed by atoms with van der Waals surface area (Å²) in [5, 5.41) is 10.9. The van der Waals surface area contributed by atoms with Crippen LogP contribution in [0.3, 0.4) is 0 Å². The molecule has 1 aliphatic heterocycles. The lowest BCUT2D eigenvalue weighted by Gasteiger charge is -2.46. The third-order valence-electron chi connectivity index (χ3n) is 4.42. The maximum absolute atomic E-state index is 10.9. The van der Waals surface area contributed by atoms with Crippen molar-refractivity contribution in [3.8, 4) is 0 Å². The second-order valence-corrected chi connectivity index (χ2v) is 5.70. The maximum Gasteiger partial charge on any atom is 0.129 e. The highest BCUT2D eigenvalue weighted by Gasteiger charge is 2.39. The van der Waals surface area contributed by atoms with Crippen molar-refractivity contribution in [1.82, 2.24) is 9.88 Å². The summed E-state index contributed by atoms with van der Waals surface area (Å²) in [6, 6.07) is 1.93. The first kappa shape index (κ1) is 15.2. The molecule has 2 atom stereocenters. The molecule has 0 saturated carbocycles. The predicted octanol–water partition coefficient (Wildman–Crippen LogP) is 1.51. The molecule has 20 heavy (non-hydrogen) atoms. The first-order valence-electron chi connectivity index (χ1n) is 7.22. The van der Waals surface area contributed by atoms with Crippen LogP contribution >= 0.6 is 0 Å². The highest BCUT2D eigenvalue weighted by atomic mass is 16.5. The van der Waals surface area contributed by atoms with Gasteiger partial charge < -0.3 is 15.6 Å². The topological polar surface area (TPSA) is 71.6 Å². The molecule has 0 bridgehead atoms. The Labute approximate surface area is 120 Å². The van der Waals surface area contributed by atoms with Gasteiger partial charge >= 0.3 is 0 Å². The van der Waals surface area contributed by atoms with Crippen LogP contribution in [0.15, 0.2) is 12.3 Å². The van der Waals surface area contributed by atoms with Crippen molar-refractivity contribution in [1.29, 1.82) is 0 Å². The van der Waals surface area contributed by atoms with Crippen molar-refractivity contribution >= 4 is 5.82 Å². The Kier molecular flexibility index (Phi) is 4.62. The van der Waals surface area contributed by atoms with Crippen LogP contribution in [-0.4, -0.2) is 46.8 Å². The van der Waals surface area contributed by atoms with Crippen LogP contribution in [0, 0.1) is 6.92 Å². The fourth-order valence-electron chi connectivity index (χ4n) is 2.82. The number of hydrogen-bond acceptors (Lipinski definition) is 5. The summed E-state index contributed by atoms with van der Waals surface area (Å²) in [5.41, 5.74) is 7.33. The van der Waals surface area contributed by atoms with Crippen LogP contribution in [0.25, 0.3) is 0 Å². The van der Waals surface area contributed by atoms with E-state index >= 15 is 0 Å². The van der Waals surface area contributed by atoms with Gasteiger partial charge in [0.2, 0.25) is 0 Å². The molecule has 0 spiro atoms. The molecule has 1 fully saturated rings. The van der Waals surface area contributed by atoms with Gasteiger partial charge in [0.05, 0.1) is 13.2 Å². The number of aliphatic hydroxyl groups is 1. The minimum absolute atomic E-state index is 0.354. The molecular weight excluding hydrogens is 254 g/mol. The summed E-state index contributed by atoms with van der Waals surface area (Å²) < 4.78 is 5.41. The monoisotopic (exact) mass is 279 g/mol. The molecule has 112 valence electrons. The number of morpholine rings is 1. The standard InChI is InChI=1S/C15H25N3O2/c1-4-15(3,18-5-7-20-8-6-18)13(19)12-9-11(2)10-17-14(12)16/h9-10,13,19H,4-8H2,1-3H3,(H2,16,17). The van der Waals surface area contributed by atoms with E-state index in [2.05, 4.69) is 23.7 Å². The summed E-state index contributed by atoms with van der Waals surface area (Å²) in [5.74, 6) is 0.413. The van der Waals surface area contributed by atoms with E-state index in [1.54, 1.807) is 6.20 Å². The first-order chi connectivity index (χ1) is 9.49. The largest absolute Gasteiger partial charge is 0.386 e. The van der Waals surface area contributed by atoms with E-state index in [0.717, 1.165) is 30.6 Å². The number of nitrogens with two attached hydrogens (primary N) is 1. The quantitative estimate of drug-likeness (QED) is 0.874. The second kappa shape index (κ2) is 6.08. The molecular formula is C15H25N3O2. The summed E-state index contributed by atoms with van der Waals surface area (Å²) in [6.07, 6.45) is 1.91. The van der Waals surface area contributed by atoms with Gasteiger partial charge in [0, 0.05) is 30.4 Å². The van der Waals surface area contributed by atoms with Crippen LogP contribution in [0.5, 0.6) is 0 Å². The number of pyridine rings is 1. The summed E-state index contributed by atoms with van der Waals surface area (Å²) in [6.45, 7) is 9.23. The number of aryl methyl sites for hydroxylation is 1. The molecule has 2 heterocycles. The van der Waals surface area contributed by atoms with Gasteiger partial charge in [0.25, 0.3) is 0 Å². The number of rotatable bonds is 4. The molecule has 1 aliphatic rings. The van der Waals surface area contributed by atoms with E-state index < -0.39 is 6.10 Å². The molecule has 5 nitrogen and oxygen atoms in total. The van der Waals surface area contributed by atoms with Crippen molar-refractivity contribution < 1.29 is 9.84 Å². The van der Waals surface area contributed by atoms with E-state index in [1.807, 2.05) is 13.0 Å². The van der Waals surface area contributed by atoms with Gasteiger partial charge in [-0.15, -0.1) is 0 Å². The normalized spacial score (nSPS) is 21.4. The summed E-state index contributed by atoms with van der Waals surface area (Å²) in [7, 11) is 0. The molecule has 0 amide bonds. The highest BCUT2D eigenvalue weighted by Crippen LogP contribution is 2.36. The lowest BCUT2D eigenvalue weighted by molar-refractivity contribution is -0.0732. The summed E-state index contributed by atoms with van der Waals surface area (Å²) >= 11 is 0. The molecule has 1 aromatic heterocycles. The third kappa shape index (κ3) is 2.80. The molecule has 2 unspecified atom stereocenters. The number of aromatic nitrogens is 1. The zero-order valence-electron chi connectivity index (χ0n) is 12.6. The van der Waals surface area contributed by atoms with Crippen LogP contribution < -0.4 is 5.73 Å². The highest BCUT2D eigenvalue weighted by molar-refractivity contribution is 5.43. The number of hydrogen-bond donors (Lipinski definition) is 2. The van der Waals surface area contributed by atoms with Gasteiger partial charge in [-0.05, 0) is 31.9 Å². The van der Waals surface area contributed by atoms with Crippen molar-refractivity contribution in [2.45, 2.75) is 38.8 Å². The minimum Gasteiger partial charge on any atom is -0.386 e. The minimum atomic E-state index is -0.655. The van der Waals surface area contributed by atoms with Gasteiger partial charge in [-0.25, -0.2) is 4.98 Å². The van der Waals surface area contributed by atoms with Gasteiger partial charge in [0.15, 0.2) is 0 Å². The van der Waals surface area contributed by atoms with Crippen molar-refractivity contribution in [3.05, 3.63) is 23.4 Å². The van der Waals surface area contributed by atoms with Gasteiger partial charge in [-0.3, -0.25) is 4.90 Å². The van der Waals surface area contributed by atoms with E-state index in [1.165, 1.54) is 0 Å². The molecule has 0 aromatic carbocycles. The SMILES string of the molecule is CCC(C)(C(O)c1cc(C)cnc1N)N1CCOCC1. The van der Waals surface area contributed by atoms with Crippen molar-refractivity contribution in [2.75, 3.05) is 32.0 Å². The molecule has 1 aromatic rings. The molecule has 2 rings (SSSR count). The number of ether oxygens (including phenoxy) is 1. The Bertz CT molecular complexity index is 460. The Morgan fingerprint density at radius 1 is 1.50 bits per heavy atom. The Morgan fingerprint density at radius 3 is 2.75 bits per heavy atom. The average molecular weight is 279 g/mol. The van der Waals surface area contributed by atoms with Gasteiger partial charge in [0.1, 0.15) is 11.9 Å². The molecule has 0 radical (unpaired) electrons. The third-order valence-corrected chi connectivity index (χ3v) is 4.42. The number of nitrogen functional groups attached to an aromatic ring is 1. The van der Waals surface area contributed by atoms with Crippen LogP contribution in [0.1, 0.15) is 37.5 Å². The first-order valence-corrected chi connectivity index (χ1v) is 7.22. The number of anilines is 1. The number of aliphatic hydroxyl groups excluding tert-OH is 1. The lowest BCUT2D eigenvalue weighted by Crippen LogP contribution is -2.54. The van der Waals surface area contributed by atoms with Crippen molar-refractivity contribution in [2.24, 2.45) is 0 Å². The predicted molar refractivity (Wildman–Crippen MR) is 79.4 cm³/mol. The van der Waals surface area contributed by atoms with Gasteiger partial charge in [-0.2, -0.15) is 0 Å². The lowest BCUT2D eigenvalue weighted by atomic mass is 9.84. The van der Waals surface area contributed by atoms with E-state index in [4.69, 9.17) is 10.5 Å². The second-order valence-electron chi connectivity index (χ2n) is 5.70. The summed E-state index contributed by atoms with van der Waals surface area (Å²) in [4.78, 5) is 6.46. The van der Waals surface area contributed by atoms with E-state index in [0.29, 0.717) is 19.0 Å². The van der Waals surface area contributed by atoms with Gasteiger partial charge in [-0.1, -0.05) is 6.92 Å². The zero-order valence-corrected chi connectivity index (χ0v) is 12.6. The Morgan fingerprint density at radius 2 is 2.15 bits per heavy atom. The van der Waals surface area contributed by atoms with E-state index in [9.17, 15) is 5.11 Å². The fourth-order valence-corrected chi connectivity index (χ4v) is 2.82. The zero-order chi connectivity index (χ0) is 14.8. The molecule has 5 heteroatoms. The van der Waals surface area contributed by atoms with Crippen LogP contribution in [0.4, 0.5) is 5.82 Å². The van der Waals surface area contributed by atoms with Crippen LogP contribution in [-0.2, 0) is 4.74 Å². The molecule has 1 saturated heterocycles. The fraction of sp³-hybridized carbons (Fsp3) is 0.667.